The molecule has 0 aliphatic heterocycles. The minimum atomic E-state index is -2.45. The molecule has 0 bridgehead atoms. The largest absolute Gasteiger partial charge is 0.444 e. The second kappa shape index (κ2) is 13.8. The Labute approximate surface area is 159 Å². The molecule has 0 aliphatic rings. The lowest BCUT2D eigenvalue weighted by atomic mass is 10.1. The maximum atomic E-state index is 11.4. The van der Waals surface area contributed by atoms with E-state index in [9.17, 15) is 9.00 Å². The van der Waals surface area contributed by atoms with Gasteiger partial charge in [0.2, 0.25) is 0 Å². The molecule has 5 nitrogen and oxygen atoms in total. The summed E-state index contributed by atoms with van der Waals surface area (Å²) in [5.74, 6) is 0. The molecule has 0 aliphatic carbocycles. The normalized spacial score (nSPS) is 14.1. The number of rotatable bonds is 14. The summed E-state index contributed by atoms with van der Waals surface area (Å²) >= 11 is 4.68. The molecule has 0 heterocycles. The highest BCUT2D eigenvalue weighted by atomic mass is 32.8. The van der Waals surface area contributed by atoms with E-state index in [0.29, 0.717) is 13.2 Å². The molecule has 0 spiro atoms. The minimum Gasteiger partial charge on any atom is -0.444 e. The van der Waals surface area contributed by atoms with E-state index in [1.807, 2.05) is 20.8 Å². The van der Waals surface area contributed by atoms with Crippen LogP contribution >= 0.6 is 0 Å². The van der Waals surface area contributed by atoms with Gasteiger partial charge >= 0.3 is 6.09 Å². The number of alkyl carbamates (subject to hydrolysis) is 1. The lowest BCUT2D eigenvalue weighted by Crippen LogP contribution is -2.32. The molecule has 1 unspecified atom stereocenters. The summed E-state index contributed by atoms with van der Waals surface area (Å²) in [7, 11) is -2.45. The number of carbonyl (C=O) groups excluding carboxylic acids is 1. The number of carbonyl (C=O) groups is 1. The summed E-state index contributed by atoms with van der Waals surface area (Å²) in [6.07, 6.45) is 12.8. The van der Waals surface area contributed by atoms with Gasteiger partial charge < -0.3 is 10.1 Å². The fourth-order valence-electron chi connectivity index (χ4n) is 2.36. The fraction of sp³-hybridized carbons (Fsp3) is 0.944. The zero-order valence-electron chi connectivity index (χ0n) is 16.4. The first-order valence-electron chi connectivity index (χ1n) is 9.41. The van der Waals surface area contributed by atoms with Crippen molar-refractivity contribution in [3.8, 4) is 0 Å². The average molecular weight is 396 g/mol. The van der Waals surface area contributed by atoms with Crippen molar-refractivity contribution in [2.24, 2.45) is 0 Å². The molecule has 1 amide bonds. The third kappa shape index (κ3) is 21.6. The fourth-order valence-corrected chi connectivity index (χ4v) is 2.98. The molecule has 0 aromatic rings. The second-order valence-corrected chi connectivity index (χ2v) is 11.0. The van der Waals surface area contributed by atoms with Crippen molar-refractivity contribution >= 4 is 26.1 Å². The summed E-state index contributed by atoms with van der Waals surface area (Å²) in [6.45, 7) is 6.79. The molecule has 0 fully saturated rings. The van der Waals surface area contributed by atoms with Crippen LogP contribution in [0.15, 0.2) is 0 Å². The topological polar surface area (TPSA) is 64.6 Å². The Morgan fingerprint density at radius 2 is 1.36 bits per heavy atom. The molecule has 0 saturated heterocycles. The van der Waals surface area contributed by atoms with Crippen LogP contribution in [-0.2, 0) is 28.9 Å². The van der Waals surface area contributed by atoms with Crippen LogP contribution < -0.4 is 5.32 Å². The Hall–Kier alpha value is -0.400. The van der Waals surface area contributed by atoms with Crippen LogP contribution in [0.2, 0.25) is 0 Å². The van der Waals surface area contributed by atoms with Crippen LogP contribution in [0, 0.1) is 0 Å². The summed E-state index contributed by atoms with van der Waals surface area (Å²) in [4.78, 5) is 11.4. The van der Waals surface area contributed by atoms with Gasteiger partial charge in [-0.15, -0.1) is 0 Å². The summed E-state index contributed by atoms with van der Waals surface area (Å²) in [5.41, 5.74) is -0.430. The molecule has 0 rings (SSSR count). The van der Waals surface area contributed by atoms with E-state index >= 15 is 0 Å². The first-order valence-corrected chi connectivity index (χ1v) is 12.2. The Bertz CT molecular complexity index is 444. The van der Waals surface area contributed by atoms with Crippen molar-refractivity contribution in [2.75, 3.05) is 19.4 Å². The quantitative estimate of drug-likeness (QED) is 0.431. The predicted octanol–water partition coefficient (Wildman–Crippen LogP) is 4.72. The third-order valence-electron chi connectivity index (χ3n) is 3.54. The molecule has 25 heavy (non-hydrogen) atoms. The number of unbranched alkanes of at least 4 members (excludes halogenated alkanes) is 9. The number of hydrogen-bond donors (Lipinski definition) is 1. The van der Waals surface area contributed by atoms with Gasteiger partial charge in [0.15, 0.2) is 0 Å². The molecule has 1 atom stereocenters. The highest BCUT2D eigenvalue weighted by Gasteiger charge is 2.15. The standard InChI is InChI=1S/C18H37NO4S2/c1-18(2,3)23-17(20)19-15-13-11-9-7-5-6-8-10-12-14-16-22-25(4,21)24/h5-16H2,1-4H3,(H,19,20). The number of nitrogens with one attached hydrogen (secondary N) is 1. The second-order valence-electron chi connectivity index (χ2n) is 7.49. The Morgan fingerprint density at radius 1 is 0.920 bits per heavy atom. The first kappa shape index (κ1) is 24.6. The molecule has 0 aromatic heterocycles. The van der Waals surface area contributed by atoms with Crippen LogP contribution in [0.5, 0.6) is 0 Å². The van der Waals surface area contributed by atoms with Crippen molar-refractivity contribution in [3.63, 3.8) is 0 Å². The molecular formula is C18H37NO4S2. The molecule has 1 N–H and O–H groups in total. The number of ether oxygens (including phenoxy) is 1. The molecular weight excluding hydrogens is 358 g/mol. The first-order chi connectivity index (χ1) is 11.6. The van der Waals surface area contributed by atoms with E-state index in [0.717, 1.165) is 25.7 Å². The van der Waals surface area contributed by atoms with Crippen molar-refractivity contribution in [3.05, 3.63) is 0 Å². The maximum absolute atomic E-state index is 11.4. The monoisotopic (exact) mass is 395 g/mol. The van der Waals surface area contributed by atoms with E-state index < -0.39 is 14.4 Å². The van der Waals surface area contributed by atoms with E-state index in [4.69, 9.17) is 8.92 Å². The van der Waals surface area contributed by atoms with E-state index in [1.165, 1.54) is 44.8 Å². The van der Waals surface area contributed by atoms with Gasteiger partial charge in [-0.3, -0.25) is 4.18 Å². The average Bonchev–Trinajstić information content (AvgIpc) is 2.44. The number of hydrogen-bond acceptors (Lipinski definition) is 5. The summed E-state index contributed by atoms with van der Waals surface area (Å²) in [5, 5.41) is 2.79. The van der Waals surface area contributed by atoms with Crippen molar-refractivity contribution < 1.29 is 17.9 Å². The zero-order chi connectivity index (χ0) is 19.2. The highest BCUT2D eigenvalue weighted by Crippen LogP contribution is 2.11. The van der Waals surface area contributed by atoms with Crippen molar-refractivity contribution in [1.82, 2.24) is 5.32 Å². The Kier molecular flexibility index (Phi) is 13.5. The van der Waals surface area contributed by atoms with E-state index in [1.54, 1.807) is 0 Å². The van der Waals surface area contributed by atoms with Gasteiger partial charge in [0, 0.05) is 24.0 Å². The molecule has 7 heteroatoms. The van der Waals surface area contributed by atoms with Crippen LogP contribution in [0.1, 0.15) is 85.0 Å². The van der Waals surface area contributed by atoms with Gasteiger partial charge in [-0.1, -0.05) is 51.4 Å². The Balaban J connectivity index is 3.23. The smallest absolute Gasteiger partial charge is 0.407 e. The van der Waals surface area contributed by atoms with Gasteiger partial charge in [0.05, 0.1) is 6.61 Å². The summed E-state index contributed by atoms with van der Waals surface area (Å²) in [6, 6.07) is 0. The molecule has 150 valence electrons. The predicted molar refractivity (Wildman–Crippen MR) is 108 cm³/mol. The van der Waals surface area contributed by atoms with Crippen LogP contribution in [0.25, 0.3) is 0 Å². The Morgan fingerprint density at radius 3 is 1.80 bits per heavy atom. The van der Waals surface area contributed by atoms with Gasteiger partial charge in [0.25, 0.3) is 0 Å². The van der Waals surface area contributed by atoms with Crippen LogP contribution in [0.3, 0.4) is 0 Å². The molecule has 0 aromatic carbocycles. The third-order valence-corrected chi connectivity index (χ3v) is 4.42. The lowest BCUT2D eigenvalue weighted by molar-refractivity contribution is 0.0527. The molecule has 0 radical (unpaired) electrons. The zero-order valence-corrected chi connectivity index (χ0v) is 18.1. The van der Waals surface area contributed by atoms with Gasteiger partial charge in [-0.05, 0) is 33.6 Å². The van der Waals surface area contributed by atoms with E-state index in [-0.39, 0.29) is 6.09 Å². The lowest BCUT2D eigenvalue weighted by Gasteiger charge is -2.19. The SMILES string of the molecule is CC(C)(C)OC(=O)NCCCCCCCCCCCCOS(C)(=O)=S. The number of amides is 1. The van der Waals surface area contributed by atoms with E-state index in [2.05, 4.69) is 16.5 Å². The van der Waals surface area contributed by atoms with Gasteiger partial charge in [0.1, 0.15) is 14.4 Å². The summed E-state index contributed by atoms with van der Waals surface area (Å²) < 4.78 is 21.4. The minimum absolute atomic E-state index is 0.327. The molecule has 0 saturated carbocycles. The van der Waals surface area contributed by atoms with Crippen LogP contribution in [0.4, 0.5) is 4.79 Å². The van der Waals surface area contributed by atoms with Crippen molar-refractivity contribution in [1.29, 1.82) is 0 Å². The van der Waals surface area contributed by atoms with Gasteiger partial charge in [-0.25, -0.2) is 9.00 Å². The van der Waals surface area contributed by atoms with Crippen molar-refractivity contribution in [2.45, 2.75) is 90.6 Å². The van der Waals surface area contributed by atoms with Crippen LogP contribution in [-0.4, -0.2) is 35.3 Å². The van der Waals surface area contributed by atoms with Gasteiger partial charge in [-0.2, -0.15) is 0 Å². The maximum Gasteiger partial charge on any atom is 0.407 e. The highest BCUT2D eigenvalue weighted by molar-refractivity contribution is 8.29.